The maximum Gasteiger partial charge on any atom is 0.394 e. The number of hydrogen-bond acceptors (Lipinski definition) is 16. The van der Waals surface area contributed by atoms with Gasteiger partial charge in [0.05, 0.1) is 25.2 Å². The van der Waals surface area contributed by atoms with Crippen LogP contribution in [0.1, 0.15) is 26.7 Å². The fraction of sp³-hybridized carbons (Fsp3) is 0.905. The summed E-state index contributed by atoms with van der Waals surface area (Å²) in [5.74, 6) is 0.572. The van der Waals surface area contributed by atoms with E-state index in [-0.39, 0.29) is 19.2 Å². The maximum absolute atomic E-state index is 11.3. The Kier molecular flexibility index (Phi) is 15.7. The maximum atomic E-state index is 11.3. The summed E-state index contributed by atoms with van der Waals surface area (Å²) < 4.78 is 86.7. The molecule has 1 aliphatic carbocycles. The van der Waals surface area contributed by atoms with Crippen molar-refractivity contribution in [2.75, 3.05) is 26.7 Å². The molecule has 43 heavy (non-hydrogen) atoms. The Morgan fingerprint density at radius 3 is 2.02 bits per heavy atom. The number of aliphatic hydroxyl groups is 3. The molecule has 0 amide bonds. The summed E-state index contributed by atoms with van der Waals surface area (Å²) in [6.45, 7) is 4.30. The quantitative estimate of drug-likeness (QED) is 0.108. The molecule has 0 unspecified atom stereocenters. The van der Waals surface area contributed by atoms with E-state index in [1.807, 2.05) is 13.0 Å². The zero-order valence-corrected chi connectivity index (χ0v) is 25.5. The second-order valence-corrected chi connectivity index (χ2v) is 12.0. The summed E-state index contributed by atoms with van der Waals surface area (Å²) >= 11 is 0. The number of nitrogens with one attached hydrogen (secondary N) is 2. The fourth-order valence-electron chi connectivity index (χ4n) is 4.86. The monoisotopic (exact) mass is 671 g/mol. The molecule has 20 nitrogen and oxygen atoms in total. The molecule has 11 atom stereocenters. The van der Waals surface area contributed by atoms with Crippen LogP contribution in [0.2, 0.25) is 0 Å². The third-order valence-corrected chi connectivity index (χ3v) is 6.64. The highest BCUT2D eigenvalue weighted by Gasteiger charge is 2.51. The largest absolute Gasteiger partial charge is 0.467 e. The van der Waals surface area contributed by atoms with E-state index >= 15 is 0 Å². The van der Waals surface area contributed by atoms with E-state index in [0.717, 1.165) is 0 Å². The summed E-state index contributed by atoms with van der Waals surface area (Å²) in [6, 6.07) is -1.95. The summed E-state index contributed by atoms with van der Waals surface area (Å²) in [6.07, 6.45) is -3.05. The summed E-state index contributed by atoms with van der Waals surface area (Å²) in [4.78, 5) is 0. The fourth-order valence-corrected chi connectivity index (χ4v) is 4.86. The van der Waals surface area contributed by atoms with Crippen LogP contribution in [0.4, 0.5) is 0 Å². The van der Waals surface area contributed by atoms with Crippen molar-refractivity contribution in [3.63, 3.8) is 0 Å². The normalized spacial score (nSPS) is 38.4. The molecule has 15 N–H and O–H groups in total. The van der Waals surface area contributed by atoms with Crippen molar-refractivity contribution in [1.29, 1.82) is 0 Å². The SMILES string of the molecule is CCN[C@@H]1C[C@H](N)[C@@H](O[C@H]2OC(CN)=CC[C@H]2N)[C@H](O)[C@H]1O[C@H]1OC[C@](C)(O)[C@H](NC)[C@H]1O.O=S(=O)(O)O.O=S(=O)(O)O. The van der Waals surface area contributed by atoms with E-state index in [0.29, 0.717) is 25.1 Å². The first-order chi connectivity index (χ1) is 19.6. The molecule has 0 bridgehead atoms. The molecule has 0 aromatic rings. The number of nitrogens with two attached hydrogens (primary N) is 3. The third kappa shape index (κ3) is 13.8. The minimum absolute atomic E-state index is 0.0483. The van der Waals surface area contributed by atoms with Gasteiger partial charge in [-0.2, -0.15) is 16.8 Å². The summed E-state index contributed by atoms with van der Waals surface area (Å²) in [5.41, 5.74) is 16.9. The number of ether oxygens (including phenoxy) is 4. The van der Waals surface area contributed by atoms with E-state index in [2.05, 4.69) is 10.6 Å². The van der Waals surface area contributed by atoms with E-state index in [1.54, 1.807) is 14.0 Å². The molecule has 1 saturated carbocycles. The smallest absolute Gasteiger partial charge is 0.394 e. The molecule has 0 aromatic heterocycles. The van der Waals surface area contributed by atoms with Crippen molar-refractivity contribution in [3.05, 3.63) is 11.8 Å². The standard InChI is InChI=1S/C21H41N5O7.2H2O4S/c1-4-26-13-7-12(24)16(32-19-11(23)6-5-10(8-22)31-19)14(27)17(13)33-20-15(28)18(25-3)21(2,29)9-30-20;2*1-5(2,3)4/h5,11-20,25-29H,4,6-9,22-24H2,1-3H3;2*(H2,1,2,3,4)/t11-,12+,13-,14+,15-,16-,17+,18-,19-,20-,21+;;/m1../s1. The minimum atomic E-state index is -4.67. The van der Waals surface area contributed by atoms with E-state index in [4.69, 9.17) is 71.2 Å². The average molecular weight is 672 g/mol. The highest BCUT2D eigenvalue weighted by molar-refractivity contribution is 7.80. The second kappa shape index (κ2) is 17.0. The van der Waals surface area contributed by atoms with Crippen LogP contribution in [0.15, 0.2) is 11.8 Å². The van der Waals surface area contributed by atoms with Crippen molar-refractivity contribution in [3.8, 4) is 0 Å². The van der Waals surface area contributed by atoms with Crippen LogP contribution in [0, 0.1) is 0 Å². The van der Waals surface area contributed by atoms with Gasteiger partial charge in [-0.3, -0.25) is 18.2 Å². The Morgan fingerprint density at radius 2 is 1.53 bits per heavy atom. The van der Waals surface area contributed by atoms with Gasteiger partial charge in [-0.1, -0.05) is 6.92 Å². The van der Waals surface area contributed by atoms with Gasteiger partial charge in [0.1, 0.15) is 35.8 Å². The Hall–Kier alpha value is -1.16. The molecule has 2 heterocycles. The van der Waals surface area contributed by atoms with Gasteiger partial charge in [-0.25, -0.2) is 0 Å². The summed E-state index contributed by atoms with van der Waals surface area (Å²) in [5, 5.41) is 38.8. The molecule has 0 aromatic carbocycles. The number of rotatable bonds is 8. The molecule has 3 aliphatic rings. The molecule has 22 heteroatoms. The Labute approximate surface area is 250 Å². The predicted molar refractivity (Wildman–Crippen MR) is 148 cm³/mol. The average Bonchev–Trinajstić information content (AvgIpc) is 2.84. The van der Waals surface area contributed by atoms with Crippen molar-refractivity contribution in [2.45, 2.75) is 93.5 Å². The molecule has 2 aliphatic heterocycles. The zero-order chi connectivity index (χ0) is 33.3. The van der Waals surface area contributed by atoms with Crippen LogP contribution in [0.25, 0.3) is 0 Å². The van der Waals surface area contributed by atoms with Crippen LogP contribution in [0.5, 0.6) is 0 Å². The lowest BCUT2D eigenvalue weighted by molar-refractivity contribution is -0.304. The van der Waals surface area contributed by atoms with Crippen molar-refractivity contribution in [2.24, 2.45) is 17.2 Å². The molecular formula is C21H45N5O15S2. The van der Waals surface area contributed by atoms with Gasteiger partial charge in [0.2, 0.25) is 6.29 Å². The first-order valence-corrected chi connectivity index (χ1v) is 15.8. The van der Waals surface area contributed by atoms with Gasteiger partial charge in [0, 0.05) is 12.1 Å². The minimum Gasteiger partial charge on any atom is -0.467 e. The molecule has 3 rings (SSSR count). The van der Waals surface area contributed by atoms with Gasteiger partial charge in [-0.05, 0) is 39.4 Å². The Morgan fingerprint density at radius 1 is 1.00 bits per heavy atom. The van der Waals surface area contributed by atoms with Crippen LogP contribution in [-0.4, -0.2) is 144 Å². The molecule has 256 valence electrons. The molecule has 1 saturated heterocycles. The van der Waals surface area contributed by atoms with Crippen LogP contribution in [-0.2, 0) is 39.7 Å². The third-order valence-electron chi connectivity index (χ3n) is 6.64. The van der Waals surface area contributed by atoms with Gasteiger partial charge < -0.3 is 62.1 Å². The lowest BCUT2D eigenvalue weighted by Crippen LogP contribution is -2.69. The number of aliphatic hydroxyl groups excluding tert-OH is 2. The first-order valence-electron chi connectivity index (χ1n) is 13.0. The summed E-state index contributed by atoms with van der Waals surface area (Å²) in [7, 11) is -7.69. The van der Waals surface area contributed by atoms with Gasteiger partial charge in [0.25, 0.3) is 0 Å². The zero-order valence-electron chi connectivity index (χ0n) is 23.8. The van der Waals surface area contributed by atoms with Gasteiger partial charge in [-0.15, -0.1) is 0 Å². The molecule has 2 fully saturated rings. The van der Waals surface area contributed by atoms with E-state index in [1.165, 1.54) is 0 Å². The first kappa shape index (κ1) is 39.9. The van der Waals surface area contributed by atoms with Crippen molar-refractivity contribution in [1.82, 2.24) is 10.6 Å². The Bertz CT molecular complexity index is 1050. The number of hydrogen-bond donors (Lipinski definition) is 12. The van der Waals surface area contributed by atoms with E-state index in [9.17, 15) is 15.3 Å². The van der Waals surface area contributed by atoms with Crippen molar-refractivity contribution < 1.29 is 69.3 Å². The van der Waals surface area contributed by atoms with Crippen molar-refractivity contribution >= 4 is 20.8 Å². The lowest BCUT2D eigenvalue weighted by atomic mass is 9.83. The van der Waals surface area contributed by atoms with Crippen LogP contribution in [0.3, 0.4) is 0 Å². The number of likely N-dealkylation sites (N-methyl/N-ethyl adjacent to an activating group) is 2. The molecule has 0 spiro atoms. The Balaban J connectivity index is 0.000000798. The molecular weight excluding hydrogens is 626 g/mol. The van der Waals surface area contributed by atoms with Crippen LogP contribution < -0.4 is 27.8 Å². The highest BCUT2D eigenvalue weighted by atomic mass is 32.3. The topological polar surface area (TPSA) is 349 Å². The highest BCUT2D eigenvalue weighted by Crippen LogP contribution is 2.31. The predicted octanol–water partition coefficient (Wildman–Crippen LogP) is -4.51. The second-order valence-electron chi connectivity index (χ2n) is 10.2. The van der Waals surface area contributed by atoms with Gasteiger partial charge >= 0.3 is 20.8 Å². The van der Waals surface area contributed by atoms with E-state index < -0.39 is 81.5 Å². The van der Waals surface area contributed by atoms with Crippen LogP contribution >= 0.6 is 0 Å². The lowest BCUT2D eigenvalue weighted by Gasteiger charge is -2.49. The molecule has 0 radical (unpaired) electrons. The van der Waals surface area contributed by atoms with Gasteiger partial charge in [0.15, 0.2) is 6.29 Å².